The fraction of sp³-hybridized carbons (Fsp3) is 0.217. The van der Waals surface area contributed by atoms with Crippen LogP contribution in [0.2, 0.25) is 15.1 Å². The zero-order valence-electron chi connectivity index (χ0n) is 16.0. The Morgan fingerprint density at radius 1 is 0.800 bits per heavy atom. The third-order valence-electron chi connectivity index (χ3n) is 5.33. The number of hydrogen-bond donors (Lipinski definition) is 0. The molecule has 0 aromatic heterocycles. The number of piperazine rings is 1. The Balaban J connectivity index is 1.62. The smallest absolute Gasteiger partial charge is 0.159 e. The molecule has 0 spiro atoms. The minimum atomic E-state index is -0.833. The fourth-order valence-electron chi connectivity index (χ4n) is 3.85. The van der Waals surface area contributed by atoms with Gasteiger partial charge in [-0.2, -0.15) is 0 Å². The van der Waals surface area contributed by atoms with E-state index in [4.69, 9.17) is 34.8 Å². The van der Waals surface area contributed by atoms with Gasteiger partial charge in [0.25, 0.3) is 0 Å². The molecule has 3 aromatic rings. The summed E-state index contributed by atoms with van der Waals surface area (Å²) in [5.74, 6) is -1.66. The second kappa shape index (κ2) is 9.11. The first kappa shape index (κ1) is 21.4. The summed E-state index contributed by atoms with van der Waals surface area (Å²) < 4.78 is 26.9. The van der Waals surface area contributed by atoms with E-state index >= 15 is 0 Å². The summed E-state index contributed by atoms with van der Waals surface area (Å²) in [4.78, 5) is 4.48. The molecule has 1 fully saturated rings. The maximum absolute atomic E-state index is 13.6. The van der Waals surface area contributed by atoms with Gasteiger partial charge in [0, 0.05) is 36.2 Å². The van der Waals surface area contributed by atoms with Crippen molar-refractivity contribution >= 4 is 40.5 Å². The van der Waals surface area contributed by atoms with Gasteiger partial charge >= 0.3 is 0 Å². The van der Waals surface area contributed by atoms with Crippen molar-refractivity contribution in [1.82, 2.24) is 4.90 Å². The van der Waals surface area contributed by atoms with E-state index in [0.29, 0.717) is 28.2 Å². The first-order valence-electron chi connectivity index (χ1n) is 9.54. The second-order valence-electron chi connectivity index (χ2n) is 7.34. The second-order valence-corrected chi connectivity index (χ2v) is 8.62. The van der Waals surface area contributed by atoms with Gasteiger partial charge in [0.15, 0.2) is 11.6 Å². The van der Waals surface area contributed by atoms with E-state index in [1.165, 1.54) is 12.1 Å². The molecule has 4 rings (SSSR count). The lowest BCUT2D eigenvalue weighted by Crippen LogP contribution is -2.48. The van der Waals surface area contributed by atoms with Crippen LogP contribution in [0.1, 0.15) is 17.2 Å². The molecule has 3 aromatic carbocycles. The summed E-state index contributed by atoms with van der Waals surface area (Å²) in [6.07, 6.45) is 0. The van der Waals surface area contributed by atoms with Gasteiger partial charge in [-0.25, -0.2) is 8.78 Å². The van der Waals surface area contributed by atoms with Crippen LogP contribution in [0.4, 0.5) is 14.5 Å². The minimum Gasteiger partial charge on any atom is -0.361 e. The normalized spacial score (nSPS) is 17.4. The quantitative estimate of drug-likeness (QED) is 0.408. The van der Waals surface area contributed by atoms with Gasteiger partial charge in [-0.05, 0) is 53.6 Å². The van der Waals surface area contributed by atoms with Gasteiger partial charge in [0.2, 0.25) is 0 Å². The standard InChI is InChI=1S/C23H19Cl3F2N2/c24-17-4-2-16(3-5-17)23-14-29(13-15-1-7-20(27)21(28)11-15)9-10-30(23)22-8-6-18(25)12-19(22)26/h1-8,11-12,23H,9-10,13-14H2/t23-/m0/s1. The number of benzene rings is 3. The lowest BCUT2D eigenvalue weighted by Gasteiger charge is -2.43. The van der Waals surface area contributed by atoms with Gasteiger partial charge in [-0.1, -0.05) is 53.0 Å². The largest absolute Gasteiger partial charge is 0.361 e. The van der Waals surface area contributed by atoms with E-state index < -0.39 is 11.6 Å². The van der Waals surface area contributed by atoms with Gasteiger partial charge in [0.05, 0.1) is 16.8 Å². The average Bonchev–Trinajstić information content (AvgIpc) is 2.72. The molecule has 0 amide bonds. The molecular weight excluding hydrogens is 449 g/mol. The monoisotopic (exact) mass is 466 g/mol. The molecule has 7 heteroatoms. The number of hydrogen-bond acceptors (Lipinski definition) is 2. The lowest BCUT2D eigenvalue weighted by atomic mass is 10.0. The van der Waals surface area contributed by atoms with Crippen LogP contribution < -0.4 is 4.90 Å². The summed E-state index contributed by atoms with van der Waals surface area (Å²) in [6, 6.07) is 17.3. The molecule has 0 bridgehead atoms. The molecule has 1 aliphatic heterocycles. The Kier molecular flexibility index (Phi) is 6.49. The fourth-order valence-corrected chi connectivity index (χ4v) is 4.50. The molecular formula is C23H19Cl3F2N2. The zero-order chi connectivity index (χ0) is 21.3. The van der Waals surface area contributed by atoms with Gasteiger partial charge in [-0.15, -0.1) is 0 Å². The van der Waals surface area contributed by atoms with Crippen LogP contribution in [0, 0.1) is 11.6 Å². The Hall–Kier alpha value is -1.85. The van der Waals surface area contributed by atoms with E-state index in [1.54, 1.807) is 12.1 Å². The highest BCUT2D eigenvalue weighted by Crippen LogP contribution is 2.37. The summed E-state index contributed by atoms with van der Waals surface area (Å²) in [5, 5.41) is 1.85. The van der Waals surface area contributed by atoms with E-state index in [9.17, 15) is 8.78 Å². The Labute approximate surface area is 189 Å². The van der Waals surface area contributed by atoms with Crippen LogP contribution in [-0.4, -0.2) is 24.5 Å². The van der Waals surface area contributed by atoms with Crippen LogP contribution in [0.25, 0.3) is 0 Å². The van der Waals surface area contributed by atoms with E-state index in [1.807, 2.05) is 36.4 Å². The highest BCUT2D eigenvalue weighted by atomic mass is 35.5. The van der Waals surface area contributed by atoms with Crippen molar-refractivity contribution < 1.29 is 8.78 Å². The summed E-state index contributed by atoms with van der Waals surface area (Å²) in [5.41, 5.74) is 2.75. The van der Waals surface area contributed by atoms with Crippen LogP contribution in [-0.2, 0) is 6.54 Å². The molecule has 1 saturated heterocycles. The maximum Gasteiger partial charge on any atom is 0.159 e. The van der Waals surface area contributed by atoms with Crippen molar-refractivity contribution in [3.63, 3.8) is 0 Å². The van der Waals surface area contributed by atoms with Crippen molar-refractivity contribution in [3.05, 3.63) is 98.5 Å². The van der Waals surface area contributed by atoms with E-state index in [-0.39, 0.29) is 6.04 Å². The molecule has 0 radical (unpaired) electrons. The summed E-state index contributed by atoms with van der Waals surface area (Å²) in [6.45, 7) is 2.70. The van der Waals surface area contributed by atoms with Crippen molar-refractivity contribution in [2.45, 2.75) is 12.6 Å². The Bertz CT molecular complexity index is 1040. The van der Waals surface area contributed by atoms with Crippen LogP contribution in [0.5, 0.6) is 0 Å². The highest BCUT2D eigenvalue weighted by Gasteiger charge is 2.30. The molecule has 0 saturated carbocycles. The molecule has 0 N–H and O–H groups in total. The highest BCUT2D eigenvalue weighted by molar-refractivity contribution is 6.36. The van der Waals surface area contributed by atoms with Crippen molar-refractivity contribution in [3.8, 4) is 0 Å². The molecule has 1 atom stereocenters. The topological polar surface area (TPSA) is 6.48 Å². The Morgan fingerprint density at radius 2 is 1.53 bits per heavy atom. The predicted octanol–water partition coefficient (Wildman–Crippen LogP) is 6.99. The predicted molar refractivity (Wildman–Crippen MR) is 120 cm³/mol. The summed E-state index contributed by atoms with van der Waals surface area (Å²) in [7, 11) is 0. The van der Waals surface area contributed by atoms with E-state index in [0.717, 1.165) is 29.9 Å². The van der Waals surface area contributed by atoms with Crippen molar-refractivity contribution in [1.29, 1.82) is 0 Å². The van der Waals surface area contributed by atoms with E-state index in [2.05, 4.69) is 9.80 Å². The number of halogens is 5. The number of anilines is 1. The zero-order valence-corrected chi connectivity index (χ0v) is 18.2. The average molecular weight is 468 g/mol. The van der Waals surface area contributed by atoms with Crippen LogP contribution in [0.3, 0.4) is 0 Å². The number of rotatable bonds is 4. The van der Waals surface area contributed by atoms with Gasteiger partial charge in [-0.3, -0.25) is 4.90 Å². The third kappa shape index (κ3) is 4.73. The number of nitrogens with zero attached hydrogens (tertiary/aromatic N) is 2. The van der Waals surface area contributed by atoms with Crippen LogP contribution in [0.15, 0.2) is 60.7 Å². The Morgan fingerprint density at radius 3 is 2.23 bits per heavy atom. The maximum atomic E-state index is 13.6. The van der Waals surface area contributed by atoms with Crippen molar-refractivity contribution in [2.24, 2.45) is 0 Å². The molecule has 0 aliphatic carbocycles. The first-order chi connectivity index (χ1) is 14.4. The molecule has 2 nitrogen and oxygen atoms in total. The molecule has 156 valence electrons. The molecule has 0 unspecified atom stereocenters. The third-order valence-corrected chi connectivity index (χ3v) is 6.12. The lowest BCUT2D eigenvalue weighted by molar-refractivity contribution is 0.215. The van der Waals surface area contributed by atoms with Gasteiger partial charge in [0.1, 0.15) is 0 Å². The molecule has 1 aliphatic rings. The molecule has 30 heavy (non-hydrogen) atoms. The van der Waals surface area contributed by atoms with Crippen molar-refractivity contribution in [2.75, 3.05) is 24.5 Å². The summed E-state index contributed by atoms with van der Waals surface area (Å²) >= 11 is 18.7. The first-order valence-corrected chi connectivity index (χ1v) is 10.7. The molecule has 1 heterocycles. The van der Waals surface area contributed by atoms with Crippen LogP contribution >= 0.6 is 34.8 Å². The minimum absolute atomic E-state index is 0.0139. The van der Waals surface area contributed by atoms with Gasteiger partial charge < -0.3 is 4.90 Å². The SMILES string of the molecule is Fc1ccc(CN2CCN(c3ccc(Cl)cc3Cl)[C@H](c3ccc(Cl)cc3)C2)cc1F.